The third-order valence-corrected chi connectivity index (χ3v) is 4.31. The van der Waals surface area contributed by atoms with E-state index < -0.39 is 5.54 Å². The van der Waals surface area contributed by atoms with Crippen molar-refractivity contribution in [2.24, 2.45) is 11.1 Å². The van der Waals surface area contributed by atoms with Gasteiger partial charge < -0.3 is 5.73 Å². The van der Waals surface area contributed by atoms with Crippen molar-refractivity contribution in [1.82, 2.24) is 5.32 Å². The maximum absolute atomic E-state index is 11.6. The summed E-state index contributed by atoms with van der Waals surface area (Å²) >= 11 is 0. The van der Waals surface area contributed by atoms with E-state index in [1.165, 1.54) is 11.1 Å². The van der Waals surface area contributed by atoms with Crippen molar-refractivity contribution in [3.63, 3.8) is 0 Å². The van der Waals surface area contributed by atoms with Crippen molar-refractivity contribution < 1.29 is 4.79 Å². The van der Waals surface area contributed by atoms with Gasteiger partial charge in [0.2, 0.25) is 5.91 Å². The van der Waals surface area contributed by atoms with Crippen molar-refractivity contribution in [3.05, 3.63) is 35.4 Å². The first-order valence-corrected chi connectivity index (χ1v) is 6.89. The lowest BCUT2D eigenvalue weighted by atomic mass is 9.69. The monoisotopic (exact) mass is 260 g/mol. The lowest BCUT2D eigenvalue weighted by molar-refractivity contribution is -0.123. The maximum atomic E-state index is 11.6. The fourth-order valence-electron chi connectivity index (χ4n) is 2.77. The zero-order valence-corrected chi connectivity index (χ0v) is 12.3. The van der Waals surface area contributed by atoms with Crippen LogP contribution in [0, 0.1) is 5.41 Å². The van der Waals surface area contributed by atoms with Gasteiger partial charge >= 0.3 is 0 Å². The molecule has 1 atom stereocenters. The molecule has 0 saturated heterocycles. The number of hydrogen-bond acceptors (Lipinski definition) is 2. The number of aryl methyl sites for hydroxylation is 1. The van der Waals surface area contributed by atoms with Crippen LogP contribution in [0.2, 0.25) is 0 Å². The minimum Gasteiger partial charge on any atom is -0.368 e. The Morgan fingerprint density at radius 1 is 1.37 bits per heavy atom. The average Bonchev–Trinajstić information content (AvgIpc) is 2.33. The smallest absolute Gasteiger partial charge is 0.237 e. The van der Waals surface area contributed by atoms with Crippen molar-refractivity contribution in [3.8, 4) is 0 Å². The number of amides is 1. The third kappa shape index (κ3) is 2.66. The van der Waals surface area contributed by atoms with Crippen LogP contribution >= 0.6 is 0 Å². The van der Waals surface area contributed by atoms with Crippen LogP contribution in [0.1, 0.15) is 51.3 Å². The Morgan fingerprint density at radius 2 is 2.00 bits per heavy atom. The Morgan fingerprint density at radius 3 is 2.63 bits per heavy atom. The highest BCUT2D eigenvalue weighted by Crippen LogP contribution is 2.44. The number of carbonyl (C=O) groups is 1. The molecule has 1 aromatic carbocycles. The first-order chi connectivity index (χ1) is 8.74. The molecular weight excluding hydrogens is 236 g/mol. The van der Waals surface area contributed by atoms with E-state index in [0.717, 1.165) is 12.8 Å². The Labute approximate surface area is 115 Å². The first-order valence-electron chi connectivity index (χ1n) is 6.89. The van der Waals surface area contributed by atoms with Gasteiger partial charge in [0.15, 0.2) is 0 Å². The van der Waals surface area contributed by atoms with Gasteiger partial charge in [-0.1, -0.05) is 38.1 Å². The van der Waals surface area contributed by atoms with Gasteiger partial charge in [-0.05, 0) is 43.2 Å². The minimum absolute atomic E-state index is 0.112. The van der Waals surface area contributed by atoms with Crippen molar-refractivity contribution in [1.29, 1.82) is 0 Å². The highest BCUT2D eigenvalue weighted by molar-refractivity contribution is 5.83. The van der Waals surface area contributed by atoms with Gasteiger partial charge in [-0.2, -0.15) is 0 Å². The Hall–Kier alpha value is -1.35. The molecule has 3 heteroatoms. The number of primary amides is 1. The van der Waals surface area contributed by atoms with Crippen molar-refractivity contribution >= 4 is 5.91 Å². The van der Waals surface area contributed by atoms with Gasteiger partial charge in [-0.25, -0.2) is 0 Å². The molecular formula is C16H24N2O. The molecule has 0 fully saturated rings. The van der Waals surface area contributed by atoms with Crippen LogP contribution in [0.4, 0.5) is 0 Å². The molecule has 3 nitrogen and oxygen atoms in total. The molecule has 0 saturated carbocycles. The third-order valence-electron chi connectivity index (χ3n) is 4.31. The molecule has 1 aromatic rings. The molecule has 0 bridgehead atoms. The second-order valence-corrected chi connectivity index (χ2v) is 6.75. The molecule has 0 aliphatic heterocycles. The normalized spacial score (nSPS) is 21.8. The predicted octanol–water partition coefficient (Wildman–Crippen LogP) is 2.55. The SMILES string of the molecule is CC(C)(NC1c2ccccc2CCC1(C)C)C(N)=O. The molecule has 19 heavy (non-hydrogen) atoms. The number of benzene rings is 1. The van der Waals surface area contributed by atoms with E-state index in [0.29, 0.717) is 0 Å². The van der Waals surface area contributed by atoms with Gasteiger partial charge in [-0.3, -0.25) is 10.1 Å². The Kier molecular flexibility index (Phi) is 3.43. The van der Waals surface area contributed by atoms with Crippen molar-refractivity contribution in [2.75, 3.05) is 0 Å². The summed E-state index contributed by atoms with van der Waals surface area (Å²) in [5, 5.41) is 3.47. The molecule has 3 N–H and O–H groups in total. The van der Waals surface area contributed by atoms with Gasteiger partial charge in [-0.15, -0.1) is 0 Å². The van der Waals surface area contributed by atoms with Crippen LogP contribution in [0.15, 0.2) is 24.3 Å². The second kappa shape index (κ2) is 4.64. The molecule has 0 aromatic heterocycles. The number of nitrogens with one attached hydrogen (secondary N) is 1. The van der Waals surface area contributed by atoms with E-state index in [4.69, 9.17) is 5.73 Å². The van der Waals surface area contributed by atoms with Crippen LogP contribution in [-0.4, -0.2) is 11.4 Å². The second-order valence-electron chi connectivity index (χ2n) is 6.75. The summed E-state index contributed by atoms with van der Waals surface area (Å²) in [7, 11) is 0. The summed E-state index contributed by atoms with van der Waals surface area (Å²) in [6.07, 6.45) is 2.20. The van der Waals surface area contributed by atoms with E-state index in [1.807, 2.05) is 13.8 Å². The summed E-state index contributed by atoms with van der Waals surface area (Å²) in [5.74, 6) is -0.314. The first kappa shape index (κ1) is 14.1. The van der Waals surface area contributed by atoms with Gasteiger partial charge in [0, 0.05) is 6.04 Å². The van der Waals surface area contributed by atoms with Gasteiger partial charge in [0.1, 0.15) is 0 Å². The van der Waals surface area contributed by atoms with Crippen LogP contribution in [0.3, 0.4) is 0 Å². The fourth-order valence-corrected chi connectivity index (χ4v) is 2.77. The predicted molar refractivity (Wildman–Crippen MR) is 77.7 cm³/mol. The lowest BCUT2D eigenvalue weighted by Gasteiger charge is -2.44. The molecule has 1 aliphatic rings. The zero-order valence-electron chi connectivity index (χ0n) is 12.3. The van der Waals surface area contributed by atoms with Crippen molar-refractivity contribution in [2.45, 2.75) is 52.1 Å². The summed E-state index contributed by atoms with van der Waals surface area (Å²) in [4.78, 5) is 11.6. The van der Waals surface area contributed by atoms with E-state index >= 15 is 0 Å². The van der Waals surface area contributed by atoms with E-state index in [-0.39, 0.29) is 17.4 Å². The zero-order chi connectivity index (χ0) is 14.3. The van der Waals surface area contributed by atoms with Crippen LogP contribution < -0.4 is 11.1 Å². The Bertz CT molecular complexity index is 491. The van der Waals surface area contributed by atoms with E-state index in [2.05, 4.69) is 43.4 Å². The van der Waals surface area contributed by atoms with Crippen LogP contribution in [0.25, 0.3) is 0 Å². The molecule has 1 unspecified atom stereocenters. The van der Waals surface area contributed by atoms with E-state index in [1.54, 1.807) is 0 Å². The molecule has 0 heterocycles. The molecule has 0 radical (unpaired) electrons. The topological polar surface area (TPSA) is 55.1 Å². The number of rotatable bonds is 3. The molecule has 1 aliphatic carbocycles. The summed E-state index contributed by atoms with van der Waals surface area (Å²) in [6, 6.07) is 8.63. The largest absolute Gasteiger partial charge is 0.368 e. The highest BCUT2D eigenvalue weighted by Gasteiger charge is 2.40. The molecule has 104 valence electrons. The number of fused-ring (bicyclic) bond motifs is 1. The lowest BCUT2D eigenvalue weighted by Crippen LogP contribution is -2.55. The van der Waals surface area contributed by atoms with Crippen LogP contribution in [-0.2, 0) is 11.2 Å². The number of hydrogen-bond donors (Lipinski definition) is 2. The standard InChI is InChI=1S/C16H24N2O/c1-15(2)10-9-11-7-5-6-8-12(11)13(15)18-16(3,4)14(17)19/h5-8,13,18H,9-10H2,1-4H3,(H2,17,19). The number of nitrogens with two attached hydrogens (primary N) is 1. The summed E-state index contributed by atoms with van der Waals surface area (Å²) in [5.41, 5.74) is 7.58. The fraction of sp³-hybridized carbons (Fsp3) is 0.562. The number of carbonyl (C=O) groups excluding carboxylic acids is 1. The van der Waals surface area contributed by atoms with Gasteiger partial charge in [0.05, 0.1) is 5.54 Å². The van der Waals surface area contributed by atoms with Crippen LogP contribution in [0.5, 0.6) is 0 Å². The van der Waals surface area contributed by atoms with Gasteiger partial charge in [0.25, 0.3) is 0 Å². The molecule has 1 amide bonds. The quantitative estimate of drug-likeness (QED) is 0.877. The summed E-state index contributed by atoms with van der Waals surface area (Å²) in [6.45, 7) is 8.20. The summed E-state index contributed by atoms with van der Waals surface area (Å²) < 4.78 is 0. The highest BCUT2D eigenvalue weighted by atomic mass is 16.1. The minimum atomic E-state index is -0.702. The Balaban J connectivity index is 2.39. The molecule has 0 spiro atoms. The maximum Gasteiger partial charge on any atom is 0.237 e. The molecule has 2 rings (SSSR count). The average molecular weight is 260 g/mol. The van der Waals surface area contributed by atoms with E-state index in [9.17, 15) is 4.79 Å².